The van der Waals surface area contributed by atoms with Crippen molar-refractivity contribution in [3.8, 4) is 0 Å². The van der Waals surface area contributed by atoms with Gasteiger partial charge < -0.3 is 19.8 Å². The number of carbonyl (C=O) groups excluding carboxylic acids is 2. The Morgan fingerprint density at radius 3 is 1.42 bits per heavy atom. The molecular weight excluding hydrogens is 181 g/mol. The van der Waals surface area contributed by atoms with E-state index in [1.54, 1.807) is 0 Å². The molecule has 0 unspecified atom stereocenters. The lowest BCUT2D eigenvalue weighted by Gasteiger charge is -2.03. The number of carboxylic acids is 2. The third kappa shape index (κ3) is 11.5. The highest BCUT2D eigenvalue weighted by Crippen LogP contribution is 2.11. The van der Waals surface area contributed by atoms with Gasteiger partial charge in [0.25, 0.3) is 0 Å². The van der Waals surface area contributed by atoms with Crippen LogP contribution in [-0.4, -0.2) is 18.1 Å². The average Bonchev–Trinajstić information content (AvgIpc) is 1.87. The van der Waals surface area contributed by atoms with Crippen molar-refractivity contribution in [1.82, 2.24) is 0 Å². The maximum atomic E-state index is 10.5. The Morgan fingerprint density at radius 1 is 1.25 bits per heavy atom. The topological polar surface area (TPSA) is 80.3 Å². The minimum Gasteiger partial charge on any atom is -0.550 e. The Labute approximate surface area is 65.6 Å². The molecule has 0 fully saturated rings. The first-order valence-corrected chi connectivity index (χ1v) is 2.69. The van der Waals surface area contributed by atoms with Crippen LogP contribution >= 0.6 is 0 Å². The van der Waals surface area contributed by atoms with E-state index in [9.17, 15) is 23.1 Å². The predicted molar refractivity (Wildman–Crippen MR) is 26.4 cm³/mol. The fourth-order valence-electron chi connectivity index (χ4n) is 0. The quantitative estimate of drug-likeness (QED) is 0.496. The van der Waals surface area contributed by atoms with Crippen molar-refractivity contribution in [2.45, 2.75) is 19.5 Å². The second kappa shape index (κ2) is 5.39. The van der Waals surface area contributed by atoms with E-state index in [0.717, 1.165) is 0 Å². The lowest BCUT2D eigenvalue weighted by atomic mass is 10.5. The number of alkyl halides is 3. The second-order valence-corrected chi connectivity index (χ2v) is 1.51. The van der Waals surface area contributed by atoms with Gasteiger partial charge in [0, 0.05) is 5.97 Å². The van der Waals surface area contributed by atoms with Gasteiger partial charge in [-0.2, -0.15) is 13.2 Å². The molecule has 7 heteroatoms. The highest BCUT2D eigenvalue weighted by Gasteiger charge is 2.28. The third-order valence-electron chi connectivity index (χ3n) is 0.520. The first-order valence-electron chi connectivity index (χ1n) is 2.69. The van der Waals surface area contributed by atoms with Crippen molar-refractivity contribution in [2.24, 2.45) is 0 Å². The zero-order valence-corrected chi connectivity index (χ0v) is 5.97. The van der Waals surface area contributed by atoms with Gasteiger partial charge in [-0.15, -0.1) is 0 Å². The van der Waals surface area contributed by atoms with E-state index < -0.39 is 18.1 Å². The van der Waals surface area contributed by atoms with E-state index >= 15 is 0 Å². The summed E-state index contributed by atoms with van der Waals surface area (Å²) in [5, 5.41) is 18.0. The van der Waals surface area contributed by atoms with Crippen LogP contribution in [0.15, 0.2) is 0 Å². The zero-order chi connectivity index (χ0) is 10.4. The zero-order valence-electron chi connectivity index (χ0n) is 5.97. The minimum absolute atomic E-state index is 0.111. The maximum absolute atomic E-state index is 10.5. The summed E-state index contributed by atoms with van der Waals surface area (Å²) < 4.78 is 31.5. The first-order chi connectivity index (χ1) is 5.21. The lowest BCUT2D eigenvalue weighted by Crippen LogP contribution is -2.37. The molecule has 0 aliphatic carbocycles. The van der Waals surface area contributed by atoms with Gasteiger partial charge in [0.15, 0.2) is 0 Å². The molecule has 0 aromatic carbocycles. The molecule has 0 aromatic rings. The second-order valence-electron chi connectivity index (χ2n) is 1.51. The summed E-state index contributed by atoms with van der Waals surface area (Å²) in [6.07, 6.45) is -5.08. The lowest BCUT2D eigenvalue weighted by molar-refractivity contribution is -0.344. The molecular formula is C5H5F3O4-2. The van der Waals surface area contributed by atoms with E-state index in [1.807, 2.05) is 0 Å². The van der Waals surface area contributed by atoms with Crippen LogP contribution in [0.1, 0.15) is 13.3 Å². The van der Waals surface area contributed by atoms with Crippen LogP contribution in [0.2, 0.25) is 0 Å². The Bertz CT molecular complexity index is 163. The minimum atomic E-state index is -5.19. The summed E-state index contributed by atoms with van der Waals surface area (Å²) in [5.41, 5.74) is 0. The number of rotatable bonds is 1. The molecule has 0 aliphatic rings. The summed E-state index contributed by atoms with van der Waals surface area (Å²) in [4.78, 5) is 18.0. The number of hydrogen-bond donors (Lipinski definition) is 0. The summed E-state index contributed by atoms with van der Waals surface area (Å²) in [5.74, 6) is -4.00. The Kier molecular flexibility index (Phi) is 5.99. The van der Waals surface area contributed by atoms with Gasteiger partial charge in [-0.1, -0.05) is 6.92 Å². The normalized spacial score (nSPS) is 9.67. The van der Waals surface area contributed by atoms with E-state index in [-0.39, 0.29) is 6.42 Å². The van der Waals surface area contributed by atoms with Crippen LogP contribution < -0.4 is 10.2 Å². The Balaban J connectivity index is 0. The number of halogens is 3. The van der Waals surface area contributed by atoms with Gasteiger partial charge in [0.2, 0.25) is 0 Å². The van der Waals surface area contributed by atoms with Crippen LogP contribution in [0.4, 0.5) is 13.2 Å². The third-order valence-corrected chi connectivity index (χ3v) is 0.520. The molecule has 0 amide bonds. The summed E-state index contributed by atoms with van der Waals surface area (Å²) in [6, 6.07) is 0. The molecule has 0 saturated carbocycles. The molecule has 4 nitrogen and oxygen atoms in total. The molecule has 0 spiro atoms. The highest BCUT2D eigenvalue weighted by atomic mass is 19.4. The Hall–Kier alpha value is -1.27. The van der Waals surface area contributed by atoms with Crippen molar-refractivity contribution < 1.29 is 33.0 Å². The summed E-state index contributed by atoms with van der Waals surface area (Å²) in [7, 11) is 0. The van der Waals surface area contributed by atoms with Gasteiger partial charge in [-0.05, 0) is 6.42 Å². The average molecular weight is 186 g/mol. The molecule has 0 bridgehead atoms. The number of carbonyl (C=O) groups is 2. The van der Waals surface area contributed by atoms with Crippen LogP contribution in [0.5, 0.6) is 0 Å². The van der Waals surface area contributed by atoms with Crippen molar-refractivity contribution in [3.05, 3.63) is 0 Å². The van der Waals surface area contributed by atoms with E-state index in [0.29, 0.717) is 0 Å². The van der Waals surface area contributed by atoms with E-state index in [1.165, 1.54) is 6.92 Å². The smallest absolute Gasteiger partial charge is 0.430 e. The van der Waals surface area contributed by atoms with Gasteiger partial charge in [0.05, 0.1) is 0 Å². The predicted octanol–water partition coefficient (Wildman–Crippen LogP) is -1.56. The SMILES string of the molecule is CCC(=O)[O-].O=C([O-])C(F)(F)F. The van der Waals surface area contributed by atoms with Gasteiger partial charge in [-0.25, -0.2) is 0 Å². The summed E-state index contributed by atoms with van der Waals surface area (Å²) in [6.45, 7) is 1.54. The molecule has 0 aliphatic heterocycles. The molecule has 0 atom stereocenters. The molecule has 0 radical (unpaired) electrons. The van der Waals surface area contributed by atoms with Crippen molar-refractivity contribution in [2.75, 3.05) is 0 Å². The largest absolute Gasteiger partial charge is 0.550 e. The number of hydrogen-bond acceptors (Lipinski definition) is 4. The number of carboxylic acid groups (broad SMARTS) is 2. The monoisotopic (exact) mass is 186 g/mol. The van der Waals surface area contributed by atoms with Crippen LogP contribution in [0.3, 0.4) is 0 Å². The van der Waals surface area contributed by atoms with Crippen LogP contribution in [-0.2, 0) is 9.59 Å². The fraction of sp³-hybridized carbons (Fsp3) is 0.600. The van der Waals surface area contributed by atoms with E-state index in [2.05, 4.69) is 0 Å². The first kappa shape index (κ1) is 13.3. The summed E-state index contributed by atoms with van der Waals surface area (Å²) >= 11 is 0. The standard InChI is InChI=1S/C3H6O2.C2HF3O2/c1-2-3(4)5;3-2(4,5)1(6)7/h2H2,1H3,(H,4,5);(H,6,7)/p-2. The fourth-order valence-corrected chi connectivity index (χ4v) is 0. The van der Waals surface area contributed by atoms with E-state index in [4.69, 9.17) is 9.90 Å². The maximum Gasteiger partial charge on any atom is 0.430 e. The molecule has 0 heterocycles. The van der Waals surface area contributed by atoms with Gasteiger partial charge >= 0.3 is 6.18 Å². The highest BCUT2D eigenvalue weighted by molar-refractivity contribution is 5.70. The van der Waals surface area contributed by atoms with Gasteiger partial charge in [-0.3, -0.25) is 0 Å². The van der Waals surface area contributed by atoms with Crippen molar-refractivity contribution in [3.63, 3.8) is 0 Å². The molecule has 12 heavy (non-hydrogen) atoms. The number of aliphatic carboxylic acids is 2. The van der Waals surface area contributed by atoms with Crippen LogP contribution in [0.25, 0.3) is 0 Å². The van der Waals surface area contributed by atoms with Gasteiger partial charge in [0.1, 0.15) is 5.97 Å². The molecule has 0 saturated heterocycles. The van der Waals surface area contributed by atoms with Crippen molar-refractivity contribution >= 4 is 11.9 Å². The van der Waals surface area contributed by atoms with Crippen molar-refractivity contribution in [1.29, 1.82) is 0 Å². The molecule has 0 aromatic heterocycles. The molecule has 0 N–H and O–H groups in total. The molecule has 72 valence electrons. The Morgan fingerprint density at radius 2 is 1.42 bits per heavy atom. The van der Waals surface area contributed by atoms with Crippen LogP contribution in [0, 0.1) is 0 Å². The molecule has 0 rings (SSSR count).